The van der Waals surface area contributed by atoms with Gasteiger partial charge in [-0.3, -0.25) is 9.78 Å². The lowest BCUT2D eigenvalue weighted by Gasteiger charge is -2.09. The fourth-order valence-electron chi connectivity index (χ4n) is 1.92. The first-order valence-corrected chi connectivity index (χ1v) is 6.53. The zero-order valence-corrected chi connectivity index (χ0v) is 12.0. The molecule has 1 aromatic heterocycles. The van der Waals surface area contributed by atoms with Gasteiger partial charge >= 0.3 is 0 Å². The fraction of sp³-hybridized carbons (Fsp3) is 0.176. The van der Waals surface area contributed by atoms with Crippen molar-refractivity contribution in [2.24, 2.45) is 0 Å². The molecule has 1 amide bonds. The maximum atomic E-state index is 12.2. The van der Waals surface area contributed by atoms with Crippen LogP contribution in [-0.2, 0) is 0 Å². The fourth-order valence-corrected chi connectivity index (χ4v) is 1.92. The molecule has 0 unspecified atom stereocenters. The van der Waals surface area contributed by atoms with E-state index in [2.05, 4.69) is 22.1 Å². The van der Waals surface area contributed by atoms with Crippen LogP contribution in [0, 0.1) is 25.7 Å². The smallest absolute Gasteiger partial charge is 0.257 e. The highest BCUT2D eigenvalue weighted by Gasteiger charge is 2.08. The lowest BCUT2D eigenvalue weighted by atomic mass is 10.1. The molecule has 2 rings (SSSR count). The van der Waals surface area contributed by atoms with E-state index >= 15 is 0 Å². The van der Waals surface area contributed by atoms with Crippen molar-refractivity contribution in [1.82, 2.24) is 4.98 Å². The molecule has 21 heavy (non-hydrogen) atoms. The molecule has 0 saturated heterocycles. The van der Waals surface area contributed by atoms with Crippen LogP contribution in [-0.4, -0.2) is 22.6 Å². The number of hydrogen-bond acceptors (Lipinski definition) is 3. The number of rotatable bonds is 2. The highest BCUT2D eigenvalue weighted by Crippen LogP contribution is 2.17. The number of aliphatic hydroxyl groups excluding tert-OH is 1. The molecule has 0 radical (unpaired) electrons. The molecule has 2 aromatic rings. The van der Waals surface area contributed by atoms with Crippen LogP contribution in [0.15, 0.2) is 36.7 Å². The lowest BCUT2D eigenvalue weighted by molar-refractivity contribution is 0.102. The number of aryl methyl sites for hydroxylation is 2. The first-order chi connectivity index (χ1) is 10.1. The van der Waals surface area contributed by atoms with Crippen LogP contribution in [0.5, 0.6) is 0 Å². The van der Waals surface area contributed by atoms with Crippen LogP contribution >= 0.6 is 0 Å². The second-order valence-electron chi connectivity index (χ2n) is 4.69. The number of carbonyl (C=O) groups is 1. The van der Waals surface area contributed by atoms with E-state index in [0.29, 0.717) is 11.1 Å². The van der Waals surface area contributed by atoms with Crippen molar-refractivity contribution >= 4 is 11.6 Å². The van der Waals surface area contributed by atoms with E-state index in [9.17, 15) is 4.79 Å². The zero-order chi connectivity index (χ0) is 15.2. The van der Waals surface area contributed by atoms with Gasteiger partial charge in [-0.25, -0.2) is 0 Å². The Morgan fingerprint density at radius 3 is 2.81 bits per heavy atom. The molecule has 0 bridgehead atoms. The molecule has 4 heteroatoms. The van der Waals surface area contributed by atoms with Gasteiger partial charge in [0.2, 0.25) is 0 Å². The molecule has 106 valence electrons. The second kappa shape index (κ2) is 6.69. The molecule has 0 aliphatic rings. The van der Waals surface area contributed by atoms with Gasteiger partial charge in [-0.15, -0.1) is 0 Å². The summed E-state index contributed by atoms with van der Waals surface area (Å²) in [6, 6.07) is 7.49. The largest absolute Gasteiger partial charge is 0.384 e. The van der Waals surface area contributed by atoms with Gasteiger partial charge in [-0.2, -0.15) is 0 Å². The number of benzene rings is 1. The molecular weight excluding hydrogens is 264 g/mol. The summed E-state index contributed by atoms with van der Waals surface area (Å²) < 4.78 is 0. The summed E-state index contributed by atoms with van der Waals surface area (Å²) in [4.78, 5) is 16.2. The SMILES string of the molecule is Cc1ccc(NC(=O)c2cncc(C#CCO)c2)c(C)c1. The molecule has 2 N–H and O–H groups in total. The van der Waals surface area contributed by atoms with Gasteiger partial charge in [0, 0.05) is 23.6 Å². The molecule has 0 aliphatic carbocycles. The van der Waals surface area contributed by atoms with Gasteiger partial charge in [-0.1, -0.05) is 29.5 Å². The standard InChI is InChI=1S/C17H16N2O2/c1-12-5-6-16(13(2)8-12)19-17(21)15-9-14(4-3-7-20)10-18-11-15/h5-6,8-11,20H,7H2,1-2H3,(H,19,21). The van der Waals surface area contributed by atoms with Crippen molar-refractivity contribution < 1.29 is 9.90 Å². The van der Waals surface area contributed by atoms with Crippen LogP contribution in [0.1, 0.15) is 27.0 Å². The van der Waals surface area contributed by atoms with Gasteiger partial charge in [0.15, 0.2) is 0 Å². The van der Waals surface area contributed by atoms with Crippen LogP contribution in [0.2, 0.25) is 0 Å². The normalized spacial score (nSPS) is 9.67. The average molecular weight is 280 g/mol. The number of aromatic nitrogens is 1. The molecule has 4 nitrogen and oxygen atoms in total. The van der Waals surface area contributed by atoms with E-state index in [1.54, 1.807) is 12.3 Å². The Labute approximate surface area is 123 Å². The van der Waals surface area contributed by atoms with Gasteiger partial charge in [0.25, 0.3) is 5.91 Å². The second-order valence-corrected chi connectivity index (χ2v) is 4.69. The Morgan fingerprint density at radius 1 is 1.29 bits per heavy atom. The Kier molecular flexibility index (Phi) is 4.70. The Hall–Kier alpha value is -2.64. The quantitative estimate of drug-likeness (QED) is 0.830. The van der Waals surface area contributed by atoms with Gasteiger partial charge in [0.1, 0.15) is 6.61 Å². The number of nitrogens with zero attached hydrogens (tertiary/aromatic N) is 1. The first kappa shape index (κ1) is 14.8. The molecule has 0 aliphatic heterocycles. The first-order valence-electron chi connectivity index (χ1n) is 6.53. The summed E-state index contributed by atoms with van der Waals surface area (Å²) in [6.45, 7) is 3.73. The number of nitrogens with one attached hydrogen (secondary N) is 1. The summed E-state index contributed by atoms with van der Waals surface area (Å²) in [5.74, 6) is 5.03. The van der Waals surface area contributed by atoms with Crippen molar-refractivity contribution in [3.8, 4) is 11.8 Å². The van der Waals surface area contributed by atoms with E-state index in [0.717, 1.165) is 16.8 Å². The zero-order valence-electron chi connectivity index (χ0n) is 12.0. The number of carbonyl (C=O) groups excluding carboxylic acids is 1. The lowest BCUT2D eigenvalue weighted by Crippen LogP contribution is -2.13. The highest BCUT2D eigenvalue weighted by molar-refractivity contribution is 6.04. The van der Waals surface area contributed by atoms with Crippen molar-refractivity contribution in [2.45, 2.75) is 13.8 Å². The summed E-state index contributed by atoms with van der Waals surface area (Å²) in [6.07, 6.45) is 3.04. The van der Waals surface area contributed by atoms with Crippen molar-refractivity contribution in [3.05, 3.63) is 58.9 Å². The number of aliphatic hydroxyl groups is 1. The van der Waals surface area contributed by atoms with Crippen LogP contribution in [0.4, 0.5) is 5.69 Å². The third kappa shape index (κ3) is 3.91. The number of amides is 1. The van der Waals surface area contributed by atoms with E-state index in [1.165, 1.54) is 6.20 Å². The Balaban J connectivity index is 2.20. The summed E-state index contributed by atoms with van der Waals surface area (Å²) in [7, 11) is 0. The molecule has 0 fully saturated rings. The van der Waals surface area contributed by atoms with E-state index in [-0.39, 0.29) is 12.5 Å². The summed E-state index contributed by atoms with van der Waals surface area (Å²) >= 11 is 0. The van der Waals surface area contributed by atoms with E-state index in [4.69, 9.17) is 5.11 Å². The maximum Gasteiger partial charge on any atom is 0.257 e. The van der Waals surface area contributed by atoms with Crippen LogP contribution < -0.4 is 5.32 Å². The summed E-state index contributed by atoms with van der Waals surface area (Å²) in [5.41, 5.74) is 3.95. The molecule has 1 heterocycles. The van der Waals surface area contributed by atoms with Gasteiger partial charge in [-0.05, 0) is 31.5 Å². The molecule has 0 atom stereocenters. The monoisotopic (exact) mass is 280 g/mol. The molecule has 1 aromatic carbocycles. The Bertz CT molecular complexity index is 727. The van der Waals surface area contributed by atoms with E-state index in [1.807, 2.05) is 32.0 Å². The maximum absolute atomic E-state index is 12.2. The van der Waals surface area contributed by atoms with Crippen LogP contribution in [0.3, 0.4) is 0 Å². The van der Waals surface area contributed by atoms with E-state index < -0.39 is 0 Å². The minimum Gasteiger partial charge on any atom is -0.384 e. The molecular formula is C17H16N2O2. The van der Waals surface area contributed by atoms with Crippen molar-refractivity contribution in [3.63, 3.8) is 0 Å². The highest BCUT2D eigenvalue weighted by atomic mass is 16.2. The van der Waals surface area contributed by atoms with Crippen LogP contribution in [0.25, 0.3) is 0 Å². The molecule has 0 spiro atoms. The van der Waals surface area contributed by atoms with Gasteiger partial charge < -0.3 is 10.4 Å². The minimum absolute atomic E-state index is 0.223. The summed E-state index contributed by atoms with van der Waals surface area (Å²) in [5, 5.41) is 11.5. The number of pyridine rings is 1. The van der Waals surface area contributed by atoms with Gasteiger partial charge in [0.05, 0.1) is 5.56 Å². The number of hydrogen-bond donors (Lipinski definition) is 2. The predicted molar refractivity (Wildman–Crippen MR) is 82.1 cm³/mol. The Morgan fingerprint density at radius 2 is 2.10 bits per heavy atom. The topological polar surface area (TPSA) is 62.2 Å². The number of anilines is 1. The minimum atomic E-state index is -0.234. The molecule has 0 saturated carbocycles. The average Bonchev–Trinajstić information content (AvgIpc) is 2.48. The van der Waals surface area contributed by atoms with Crippen molar-refractivity contribution in [2.75, 3.05) is 11.9 Å². The third-order valence-corrected chi connectivity index (χ3v) is 2.94. The van der Waals surface area contributed by atoms with Crippen molar-refractivity contribution in [1.29, 1.82) is 0 Å². The predicted octanol–water partition coefficient (Wildman–Crippen LogP) is 2.29. The third-order valence-electron chi connectivity index (χ3n) is 2.94.